The Bertz CT molecular complexity index is 133. The number of hydrogen-bond acceptors (Lipinski definition) is 1. The van der Waals surface area contributed by atoms with Crippen molar-refractivity contribution in [2.45, 2.75) is 96.9 Å². The molecule has 1 heteroatoms. The van der Waals surface area contributed by atoms with Gasteiger partial charge in [0.1, 0.15) is 0 Å². The minimum absolute atomic E-state index is 0.768. The lowest BCUT2D eigenvalue weighted by atomic mass is 10.0. The highest BCUT2D eigenvalue weighted by atomic mass is 14.9. The number of rotatable bonds is 13. The van der Waals surface area contributed by atoms with Crippen LogP contribution in [0.5, 0.6) is 0 Å². The van der Waals surface area contributed by atoms with Gasteiger partial charge < -0.3 is 5.32 Å². The summed E-state index contributed by atoms with van der Waals surface area (Å²) in [4.78, 5) is 0. The van der Waals surface area contributed by atoms with Gasteiger partial charge in [0, 0.05) is 6.04 Å². The molecule has 1 N–H and O–H groups in total. The topological polar surface area (TPSA) is 12.0 Å². The Morgan fingerprint density at radius 2 is 1.18 bits per heavy atom. The summed E-state index contributed by atoms with van der Waals surface area (Å²) in [5.41, 5.74) is 0. The van der Waals surface area contributed by atoms with Gasteiger partial charge in [-0.1, -0.05) is 78.1 Å². The van der Waals surface area contributed by atoms with Crippen LogP contribution in [-0.2, 0) is 0 Å². The molecule has 0 aromatic rings. The van der Waals surface area contributed by atoms with E-state index in [4.69, 9.17) is 0 Å². The Kier molecular flexibility index (Phi) is 14.0. The van der Waals surface area contributed by atoms with Gasteiger partial charge in [0.2, 0.25) is 0 Å². The lowest BCUT2D eigenvalue weighted by Gasteiger charge is -2.14. The normalized spacial score (nSPS) is 12.9. The molecule has 0 heterocycles. The third kappa shape index (κ3) is 12.2. The van der Waals surface area contributed by atoms with Gasteiger partial charge >= 0.3 is 0 Å². The maximum absolute atomic E-state index is 3.43. The number of hydrogen-bond donors (Lipinski definition) is 1. The Morgan fingerprint density at radius 1 is 0.647 bits per heavy atom. The van der Waals surface area contributed by atoms with Crippen molar-refractivity contribution in [2.24, 2.45) is 0 Å². The number of unbranched alkanes of at least 4 members (excludes halogenated alkanes) is 8. The van der Waals surface area contributed by atoms with Gasteiger partial charge in [0.05, 0.1) is 0 Å². The van der Waals surface area contributed by atoms with Crippen molar-refractivity contribution in [3.05, 3.63) is 0 Å². The van der Waals surface area contributed by atoms with Crippen LogP contribution in [0.15, 0.2) is 0 Å². The maximum Gasteiger partial charge on any atom is 0.00639 e. The van der Waals surface area contributed by atoms with Crippen molar-refractivity contribution in [3.8, 4) is 0 Å². The van der Waals surface area contributed by atoms with Gasteiger partial charge in [-0.15, -0.1) is 0 Å². The molecule has 1 atom stereocenters. The van der Waals surface area contributed by atoms with Crippen LogP contribution in [-0.4, -0.2) is 13.1 Å². The summed E-state index contributed by atoms with van der Waals surface area (Å²) < 4.78 is 0. The summed E-state index contributed by atoms with van der Waals surface area (Å²) in [5, 5.41) is 3.43. The van der Waals surface area contributed by atoms with Gasteiger partial charge in [0.25, 0.3) is 0 Å². The van der Waals surface area contributed by atoms with E-state index in [0.717, 1.165) is 6.04 Å². The molecular weight excluding hydrogens is 206 g/mol. The first-order chi connectivity index (χ1) is 8.35. The van der Waals surface area contributed by atoms with Gasteiger partial charge in [-0.25, -0.2) is 0 Å². The zero-order chi connectivity index (χ0) is 12.8. The first kappa shape index (κ1) is 17.0. The molecule has 0 amide bonds. The second-order valence-corrected chi connectivity index (χ2v) is 5.39. The molecule has 0 rings (SSSR count). The van der Waals surface area contributed by atoms with Crippen molar-refractivity contribution >= 4 is 0 Å². The molecule has 0 fully saturated rings. The first-order valence-electron chi connectivity index (χ1n) is 8.02. The molecule has 1 nitrogen and oxygen atoms in total. The quantitative estimate of drug-likeness (QED) is 0.432. The molecular formula is C16H35N. The van der Waals surface area contributed by atoms with E-state index in [2.05, 4.69) is 26.2 Å². The van der Waals surface area contributed by atoms with Crippen molar-refractivity contribution in [2.75, 3.05) is 7.05 Å². The van der Waals surface area contributed by atoms with E-state index in [9.17, 15) is 0 Å². The smallest absolute Gasteiger partial charge is 0.00639 e. The van der Waals surface area contributed by atoms with Crippen LogP contribution < -0.4 is 5.32 Å². The van der Waals surface area contributed by atoms with E-state index in [1.165, 1.54) is 77.0 Å². The molecule has 0 radical (unpaired) electrons. The second-order valence-electron chi connectivity index (χ2n) is 5.39. The van der Waals surface area contributed by atoms with Crippen LogP contribution in [0.3, 0.4) is 0 Å². The van der Waals surface area contributed by atoms with Gasteiger partial charge in [-0.2, -0.15) is 0 Å². The first-order valence-corrected chi connectivity index (χ1v) is 8.02. The summed E-state index contributed by atoms with van der Waals surface area (Å²) >= 11 is 0. The van der Waals surface area contributed by atoms with Crippen LogP contribution in [0.1, 0.15) is 90.9 Å². The van der Waals surface area contributed by atoms with Crippen molar-refractivity contribution in [1.82, 2.24) is 5.32 Å². The average Bonchev–Trinajstić information content (AvgIpc) is 2.35. The molecule has 1 unspecified atom stereocenters. The third-order valence-electron chi connectivity index (χ3n) is 3.70. The summed E-state index contributed by atoms with van der Waals surface area (Å²) in [5.74, 6) is 0. The average molecular weight is 241 g/mol. The van der Waals surface area contributed by atoms with E-state index >= 15 is 0 Å². The molecule has 0 aromatic heterocycles. The predicted octanol–water partition coefficient (Wildman–Crippen LogP) is 5.30. The molecule has 104 valence electrons. The summed E-state index contributed by atoms with van der Waals surface area (Å²) in [6.07, 6.45) is 17.0. The zero-order valence-electron chi connectivity index (χ0n) is 12.6. The molecule has 0 saturated heterocycles. The standard InChI is InChI=1S/C16H35N/c1-4-6-7-8-9-10-11-12-13-15-16(17-3)14-5-2/h16-17H,4-15H2,1-3H3. The monoisotopic (exact) mass is 241 g/mol. The van der Waals surface area contributed by atoms with E-state index in [0.29, 0.717) is 0 Å². The van der Waals surface area contributed by atoms with Gasteiger partial charge in [-0.3, -0.25) is 0 Å². The predicted molar refractivity (Wildman–Crippen MR) is 79.6 cm³/mol. The van der Waals surface area contributed by atoms with Crippen LogP contribution >= 0.6 is 0 Å². The third-order valence-corrected chi connectivity index (χ3v) is 3.70. The lowest BCUT2D eigenvalue weighted by molar-refractivity contribution is 0.452. The summed E-state index contributed by atoms with van der Waals surface area (Å²) in [6.45, 7) is 4.56. The second kappa shape index (κ2) is 14.0. The number of nitrogens with one attached hydrogen (secondary N) is 1. The van der Waals surface area contributed by atoms with Crippen molar-refractivity contribution < 1.29 is 0 Å². The van der Waals surface area contributed by atoms with E-state index in [-0.39, 0.29) is 0 Å². The van der Waals surface area contributed by atoms with Crippen LogP contribution in [0.4, 0.5) is 0 Å². The molecule has 17 heavy (non-hydrogen) atoms. The summed E-state index contributed by atoms with van der Waals surface area (Å²) in [7, 11) is 2.11. The Labute approximate surface area is 110 Å². The van der Waals surface area contributed by atoms with Gasteiger partial charge in [-0.05, 0) is 19.9 Å². The highest BCUT2D eigenvalue weighted by Gasteiger charge is 2.03. The molecule has 0 aromatic carbocycles. The maximum atomic E-state index is 3.43. The minimum Gasteiger partial charge on any atom is -0.317 e. The van der Waals surface area contributed by atoms with Crippen LogP contribution in [0, 0.1) is 0 Å². The summed E-state index contributed by atoms with van der Waals surface area (Å²) in [6, 6.07) is 0.768. The van der Waals surface area contributed by atoms with E-state index < -0.39 is 0 Å². The highest BCUT2D eigenvalue weighted by molar-refractivity contribution is 4.63. The van der Waals surface area contributed by atoms with Crippen molar-refractivity contribution in [3.63, 3.8) is 0 Å². The molecule has 0 aliphatic heterocycles. The molecule has 0 aliphatic carbocycles. The molecule has 0 bridgehead atoms. The lowest BCUT2D eigenvalue weighted by Crippen LogP contribution is -2.24. The SMILES string of the molecule is CCCCCCCCCCCC(CCC)NC. The fourth-order valence-electron chi connectivity index (χ4n) is 2.48. The Morgan fingerprint density at radius 3 is 1.65 bits per heavy atom. The Hall–Kier alpha value is -0.0400. The van der Waals surface area contributed by atoms with E-state index in [1.54, 1.807) is 0 Å². The fourth-order valence-corrected chi connectivity index (χ4v) is 2.48. The molecule has 0 saturated carbocycles. The minimum atomic E-state index is 0.768. The van der Waals surface area contributed by atoms with E-state index in [1.807, 2.05) is 0 Å². The highest BCUT2D eigenvalue weighted by Crippen LogP contribution is 2.12. The largest absolute Gasteiger partial charge is 0.317 e. The van der Waals surface area contributed by atoms with Crippen LogP contribution in [0.2, 0.25) is 0 Å². The van der Waals surface area contributed by atoms with Crippen molar-refractivity contribution in [1.29, 1.82) is 0 Å². The molecule has 0 spiro atoms. The van der Waals surface area contributed by atoms with Gasteiger partial charge in [0.15, 0.2) is 0 Å². The zero-order valence-corrected chi connectivity index (χ0v) is 12.6. The fraction of sp³-hybridized carbons (Fsp3) is 1.00. The Balaban J connectivity index is 3.11. The van der Waals surface area contributed by atoms with Crippen LogP contribution in [0.25, 0.3) is 0 Å². The molecule has 0 aliphatic rings.